The van der Waals surface area contributed by atoms with Crippen molar-refractivity contribution < 1.29 is 4.74 Å². The van der Waals surface area contributed by atoms with Crippen molar-refractivity contribution in [3.05, 3.63) is 0 Å². The van der Waals surface area contributed by atoms with E-state index < -0.39 is 0 Å². The summed E-state index contributed by atoms with van der Waals surface area (Å²) in [5.74, 6) is 1.38. The maximum Gasteiger partial charge on any atom is 0.191 e. The molecule has 0 bridgehead atoms. The lowest BCUT2D eigenvalue weighted by Gasteiger charge is -2.34. The van der Waals surface area contributed by atoms with Crippen LogP contribution >= 0.6 is 24.0 Å². The second kappa shape index (κ2) is 9.15. The topological polar surface area (TPSA) is 54.1 Å². The molecule has 124 valence electrons. The molecule has 0 aromatic carbocycles. The second-order valence-electron chi connectivity index (χ2n) is 6.47. The second-order valence-corrected chi connectivity index (χ2v) is 6.47. The Morgan fingerprint density at radius 3 is 2.48 bits per heavy atom. The Hall–Kier alpha value is -0.0800. The van der Waals surface area contributed by atoms with Gasteiger partial charge in [0, 0.05) is 32.2 Å². The van der Waals surface area contributed by atoms with Gasteiger partial charge in [0.1, 0.15) is 0 Å². The van der Waals surface area contributed by atoms with Gasteiger partial charge in [-0.3, -0.25) is 9.89 Å². The first-order valence-electron chi connectivity index (χ1n) is 7.92. The lowest BCUT2D eigenvalue weighted by molar-refractivity contribution is 0.0142. The predicted molar refractivity (Wildman–Crippen MR) is 98.3 cm³/mol. The molecule has 0 amide bonds. The van der Waals surface area contributed by atoms with Crippen LogP contribution in [0.2, 0.25) is 0 Å². The molecule has 0 spiro atoms. The molecular formula is C15H31IN4O. The van der Waals surface area contributed by atoms with Crippen molar-refractivity contribution in [2.45, 2.75) is 45.2 Å². The largest absolute Gasteiger partial charge is 0.379 e. The third kappa shape index (κ3) is 6.28. The van der Waals surface area contributed by atoms with E-state index in [0.717, 1.165) is 32.8 Å². The van der Waals surface area contributed by atoms with Crippen molar-refractivity contribution in [3.63, 3.8) is 0 Å². The van der Waals surface area contributed by atoms with Crippen molar-refractivity contribution in [2.75, 3.05) is 39.9 Å². The van der Waals surface area contributed by atoms with Crippen LogP contribution < -0.4 is 5.73 Å². The van der Waals surface area contributed by atoms with Crippen LogP contribution in [0.5, 0.6) is 0 Å². The van der Waals surface area contributed by atoms with Gasteiger partial charge in [-0.1, -0.05) is 13.8 Å². The molecular weight excluding hydrogens is 379 g/mol. The van der Waals surface area contributed by atoms with E-state index in [1.165, 1.54) is 19.3 Å². The molecule has 5 nitrogen and oxygen atoms in total. The summed E-state index contributed by atoms with van der Waals surface area (Å²) in [6.07, 6.45) is 3.68. The van der Waals surface area contributed by atoms with Gasteiger partial charge in [-0.2, -0.15) is 0 Å². The Kier molecular flexibility index (Phi) is 8.26. The summed E-state index contributed by atoms with van der Waals surface area (Å²) in [4.78, 5) is 9.29. The molecule has 1 atom stereocenters. The van der Waals surface area contributed by atoms with Gasteiger partial charge in [0.15, 0.2) is 5.96 Å². The van der Waals surface area contributed by atoms with Gasteiger partial charge in [-0.15, -0.1) is 24.0 Å². The fourth-order valence-corrected chi connectivity index (χ4v) is 2.79. The normalized spacial score (nSPS) is 22.0. The van der Waals surface area contributed by atoms with Crippen LogP contribution in [-0.4, -0.2) is 67.7 Å². The molecule has 1 saturated carbocycles. The van der Waals surface area contributed by atoms with Crippen LogP contribution in [0.15, 0.2) is 4.99 Å². The first-order valence-corrected chi connectivity index (χ1v) is 7.92. The van der Waals surface area contributed by atoms with Crippen molar-refractivity contribution in [3.8, 4) is 0 Å². The average Bonchev–Trinajstić information content (AvgIpc) is 3.27. The maximum atomic E-state index is 6.10. The van der Waals surface area contributed by atoms with Crippen molar-refractivity contribution >= 4 is 29.9 Å². The zero-order chi connectivity index (χ0) is 14.5. The van der Waals surface area contributed by atoms with Crippen LogP contribution in [0.25, 0.3) is 0 Å². The average molecular weight is 410 g/mol. The van der Waals surface area contributed by atoms with E-state index in [1.807, 2.05) is 0 Å². The first-order chi connectivity index (χ1) is 9.58. The van der Waals surface area contributed by atoms with E-state index in [4.69, 9.17) is 10.5 Å². The number of halogens is 1. The minimum atomic E-state index is 0. The maximum absolute atomic E-state index is 6.10. The van der Waals surface area contributed by atoms with E-state index >= 15 is 0 Å². The number of aliphatic imine (C=N–C) groups is 1. The highest BCUT2D eigenvalue weighted by atomic mass is 127. The Labute approximate surface area is 146 Å². The van der Waals surface area contributed by atoms with E-state index in [2.05, 4.69) is 35.7 Å². The number of hydrogen-bond acceptors (Lipinski definition) is 3. The molecule has 2 rings (SSSR count). The molecule has 2 aliphatic rings. The van der Waals surface area contributed by atoms with Crippen molar-refractivity contribution in [2.24, 2.45) is 16.6 Å². The number of morpholine rings is 1. The molecule has 0 aromatic rings. The van der Waals surface area contributed by atoms with E-state index in [-0.39, 0.29) is 24.0 Å². The minimum Gasteiger partial charge on any atom is -0.379 e. The number of rotatable bonds is 6. The van der Waals surface area contributed by atoms with E-state index in [1.54, 1.807) is 0 Å². The SMILES string of the molecule is CC(C)CC(CN=C(N)N(C)C1CC1)N1CCOCC1.I. The summed E-state index contributed by atoms with van der Waals surface area (Å²) in [5, 5.41) is 0. The number of nitrogens with two attached hydrogens (primary N) is 1. The highest BCUT2D eigenvalue weighted by Crippen LogP contribution is 2.25. The molecule has 2 fully saturated rings. The lowest BCUT2D eigenvalue weighted by Crippen LogP contribution is -2.46. The first kappa shape index (κ1) is 19.0. The minimum absolute atomic E-state index is 0. The number of nitrogens with zero attached hydrogens (tertiary/aromatic N) is 3. The molecule has 1 unspecified atom stereocenters. The van der Waals surface area contributed by atoms with Gasteiger partial charge in [-0.05, 0) is 25.2 Å². The predicted octanol–water partition coefficient (Wildman–Crippen LogP) is 1.76. The molecule has 0 radical (unpaired) electrons. The summed E-state index contributed by atoms with van der Waals surface area (Å²) in [5.41, 5.74) is 6.10. The van der Waals surface area contributed by atoms with Crippen LogP contribution in [0.3, 0.4) is 0 Å². The van der Waals surface area contributed by atoms with Crippen LogP contribution in [0.4, 0.5) is 0 Å². The monoisotopic (exact) mass is 410 g/mol. The Morgan fingerprint density at radius 2 is 1.95 bits per heavy atom. The van der Waals surface area contributed by atoms with E-state index in [9.17, 15) is 0 Å². The van der Waals surface area contributed by atoms with Crippen LogP contribution in [-0.2, 0) is 4.74 Å². The smallest absolute Gasteiger partial charge is 0.191 e. The van der Waals surface area contributed by atoms with E-state index in [0.29, 0.717) is 24.0 Å². The third-order valence-electron chi connectivity index (χ3n) is 4.23. The van der Waals surface area contributed by atoms with Gasteiger partial charge in [-0.25, -0.2) is 0 Å². The third-order valence-corrected chi connectivity index (χ3v) is 4.23. The van der Waals surface area contributed by atoms with Gasteiger partial charge >= 0.3 is 0 Å². The standard InChI is InChI=1S/C15H30N4O.HI/c1-12(2)10-14(19-6-8-20-9-7-19)11-17-15(16)18(3)13-4-5-13;/h12-14H,4-11H2,1-3H3,(H2,16,17);1H. The lowest BCUT2D eigenvalue weighted by atomic mass is 10.0. The Balaban J connectivity index is 0.00000220. The summed E-state index contributed by atoms with van der Waals surface area (Å²) in [7, 11) is 2.06. The highest BCUT2D eigenvalue weighted by molar-refractivity contribution is 14.0. The summed E-state index contributed by atoms with van der Waals surface area (Å²) >= 11 is 0. The molecule has 2 N–H and O–H groups in total. The van der Waals surface area contributed by atoms with Gasteiger partial charge < -0.3 is 15.4 Å². The van der Waals surface area contributed by atoms with Gasteiger partial charge in [0.25, 0.3) is 0 Å². The van der Waals surface area contributed by atoms with Gasteiger partial charge in [0.2, 0.25) is 0 Å². The molecule has 6 heteroatoms. The highest BCUT2D eigenvalue weighted by Gasteiger charge is 2.28. The number of ether oxygens (including phenoxy) is 1. The van der Waals surface area contributed by atoms with Crippen molar-refractivity contribution in [1.29, 1.82) is 0 Å². The molecule has 1 aliphatic carbocycles. The van der Waals surface area contributed by atoms with Gasteiger partial charge in [0.05, 0.1) is 19.8 Å². The van der Waals surface area contributed by atoms with Crippen molar-refractivity contribution in [1.82, 2.24) is 9.80 Å². The Bertz CT molecular complexity index is 328. The Morgan fingerprint density at radius 1 is 1.33 bits per heavy atom. The molecule has 1 aliphatic heterocycles. The molecule has 21 heavy (non-hydrogen) atoms. The quantitative estimate of drug-likeness (QED) is 0.412. The van der Waals surface area contributed by atoms with Crippen LogP contribution in [0.1, 0.15) is 33.1 Å². The summed E-state index contributed by atoms with van der Waals surface area (Å²) in [6, 6.07) is 1.12. The number of hydrogen-bond donors (Lipinski definition) is 1. The molecule has 0 aromatic heterocycles. The zero-order valence-electron chi connectivity index (χ0n) is 13.6. The fraction of sp³-hybridized carbons (Fsp3) is 0.933. The molecule has 1 saturated heterocycles. The fourth-order valence-electron chi connectivity index (χ4n) is 2.79. The molecule has 1 heterocycles. The summed E-state index contributed by atoms with van der Waals surface area (Å²) < 4.78 is 5.45. The zero-order valence-corrected chi connectivity index (χ0v) is 16.0. The number of guanidine groups is 1. The van der Waals surface area contributed by atoms with Crippen LogP contribution in [0, 0.1) is 5.92 Å². The summed E-state index contributed by atoms with van der Waals surface area (Å²) in [6.45, 7) is 9.08.